The van der Waals surface area contributed by atoms with Crippen LogP contribution in [0, 0.1) is 0 Å². The molecule has 0 saturated carbocycles. The van der Waals surface area contributed by atoms with Crippen LogP contribution in [0.15, 0.2) is 56.7 Å². The molecule has 2 rings (SSSR count). The topological polar surface area (TPSA) is 9.23 Å². The zero-order valence-electron chi connectivity index (χ0n) is 10.4. The molecule has 0 aliphatic rings. The average Bonchev–Trinajstić information content (AvgIpc) is 2.41. The molecule has 18 heavy (non-hydrogen) atoms. The first-order chi connectivity index (χ1) is 8.72. The lowest BCUT2D eigenvalue weighted by Crippen LogP contribution is -1.86. The summed E-state index contributed by atoms with van der Waals surface area (Å²) >= 11 is 5.31. The predicted molar refractivity (Wildman–Crippen MR) is 80.6 cm³/mol. The van der Waals surface area contributed by atoms with Gasteiger partial charge >= 0.3 is 0 Å². The number of hydrogen-bond donors (Lipinski definition) is 0. The Morgan fingerprint density at radius 2 is 1.83 bits per heavy atom. The summed E-state index contributed by atoms with van der Waals surface area (Å²) in [5, 5.41) is 0. The van der Waals surface area contributed by atoms with E-state index in [4.69, 9.17) is 4.74 Å². The lowest BCUT2D eigenvalue weighted by Gasteiger charge is -2.08. The molecule has 0 aromatic heterocycles. The molecule has 0 aliphatic carbocycles. The average molecular weight is 323 g/mol. The highest BCUT2D eigenvalue weighted by Gasteiger charge is 2.04. The molecule has 3 heteroatoms. The molecule has 0 atom stereocenters. The van der Waals surface area contributed by atoms with Crippen LogP contribution in [0.1, 0.15) is 12.5 Å². The van der Waals surface area contributed by atoms with Crippen LogP contribution in [0.2, 0.25) is 0 Å². The molecule has 0 N–H and O–H groups in total. The number of methoxy groups -OCH3 is 1. The van der Waals surface area contributed by atoms with Crippen molar-refractivity contribution in [1.29, 1.82) is 0 Å². The van der Waals surface area contributed by atoms with E-state index in [9.17, 15) is 0 Å². The minimum atomic E-state index is 0.894. The number of rotatable bonds is 4. The third-order valence-corrected chi connectivity index (χ3v) is 4.31. The van der Waals surface area contributed by atoms with Crippen LogP contribution < -0.4 is 4.74 Å². The number of aryl methyl sites for hydroxylation is 1. The summed E-state index contributed by atoms with van der Waals surface area (Å²) in [4.78, 5) is 2.54. The molecule has 0 fully saturated rings. The van der Waals surface area contributed by atoms with E-state index >= 15 is 0 Å². The van der Waals surface area contributed by atoms with Crippen LogP contribution in [0.3, 0.4) is 0 Å². The summed E-state index contributed by atoms with van der Waals surface area (Å²) in [7, 11) is 1.69. The van der Waals surface area contributed by atoms with Crippen molar-refractivity contribution in [3.8, 4) is 5.75 Å². The molecule has 2 aromatic rings. The van der Waals surface area contributed by atoms with Crippen LogP contribution in [0.4, 0.5) is 0 Å². The zero-order valence-corrected chi connectivity index (χ0v) is 12.8. The fraction of sp³-hybridized carbons (Fsp3) is 0.200. The van der Waals surface area contributed by atoms with Crippen molar-refractivity contribution in [2.75, 3.05) is 7.11 Å². The first kappa shape index (κ1) is 13.5. The maximum Gasteiger partial charge on any atom is 0.118 e. The quantitative estimate of drug-likeness (QED) is 0.767. The van der Waals surface area contributed by atoms with Crippen LogP contribution in [0.5, 0.6) is 5.75 Å². The van der Waals surface area contributed by atoms with Crippen LogP contribution in [-0.2, 0) is 6.42 Å². The Labute approximate surface area is 121 Å². The first-order valence-electron chi connectivity index (χ1n) is 5.83. The SMILES string of the molecule is CCc1cc(Br)ccc1Sc1ccc(OC)cc1. The van der Waals surface area contributed by atoms with E-state index in [2.05, 4.69) is 53.2 Å². The molecule has 94 valence electrons. The number of halogens is 1. The second-order valence-electron chi connectivity index (χ2n) is 3.88. The fourth-order valence-electron chi connectivity index (χ4n) is 1.69. The third kappa shape index (κ3) is 3.30. The molecule has 1 nitrogen and oxygen atoms in total. The van der Waals surface area contributed by atoms with E-state index in [0.29, 0.717) is 0 Å². The molecule has 0 bridgehead atoms. The van der Waals surface area contributed by atoms with Crippen LogP contribution in [0.25, 0.3) is 0 Å². The predicted octanol–water partition coefficient (Wildman–Crippen LogP) is 5.17. The molecule has 0 aliphatic heterocycles. The van der Waals surface area contributed by atoms with E-state index in [-0.39, 0.29) is 0 Å². The largest absolute Gasteiger partial charge is 0.497 e. The van der Waals surface area contributed by atoms with Crippen molar-refractivity contribution >= 4 is 27.7 Å². The molecule has 0 saturated heterocycles. The third-order valence-electron chi connectivity index (χ3n) is 2.69. The Kier molecular flexibility index (Phi) is 4.72. The van der Waals surface area contributed by atoms with Gasteiger partial charge in [0.05, 0.1) is 7.11 Å². The van der Waals surface area contributed by atoms with Crippen molar-refractivity contribution in [3.63, 3.8) is 0 Å². The van der Waals surface area contributed by atoms with Gasteiger partial charge in [-0.15, -0.1) is 0 Å². The maximum absolute atomic E-state index is 5.16. The lowest BCUT2D eigenvalue weighted by atomic mass is 10.2. The zero-order chi connectivity index (χ0) is 13.0. The van der Waals surface area contributed by atoms with Gasteiger partial charge in [-0.3, -0.25) is 0 Å². The highest BCUT2D eigenvalue weighted by Crippen LogP contribution is 2.33. The standard InChI is InChI=1S/C15H15BrOS/c1-3-11-10-12(16)4-9-15(11)18-14-7-5-13(17-2)6-8-14/h4-10H,3H2,1-2H3. The number of benzene rings is 2. The highest BCUT2D eigenvalue weighted by atomic mass is 79.9. The minimum Gasteiger partial charge on any atom is -0.497 e. The molecule has 2 aromatic carbocycles. The molecule has 0 radical (unpaired) electrons. The summed E-state index contributed by atoms with van der Waals surface area (Å²) in [6, 6.07) is 14.6. The van der Waals surface area contributed by atoms with E-state index < -0.39 is 0 Å². The Morgan fingerprint density at radius 1 is 1.11 bits per heavy atom. The van der Waals surface area contributed by atoms with Gasteiger partial charge in [-0.25, -0.2) is 0 Å². The molecular weight excluding hydrogens is 308 g/mol. The van der Waals surface area contributed by atoms with Gasteiger partial charge < -0.3 is 4.74 Å². The normalized spacial score (nSPS) is 10.4. The van der Waals surface area contributed by atoms with Crippen molar-refractivity contribution in [2.45, 2.75) is 23.1 Å². The summed E-state index contributed by atoms with van der Waals surface area (Å²) < 4.78 is 6.30. The minimum absolute atomic E-state index is 0.894. The molecule has 0 heterocycles. The van der Waals surface area contributed by atoms with Gasteiger partial charge in [-0.2, -0.15) is 0 Å². The molecule has 0 unspecified atom stereocenters. The summed E-state index contributed by atoms with van der Waals surface area (Å²) in [5.74, 6) is 0.894. The van der Waals surface area contributed by atoms with Gasteiger partial charge in [0.25, 0.3) is 0 Å². The second kappa shape index (κ2) is 6.30. The Balaban J connectivity index is 2.22. The summed E-state index contributed by atoms with van der Waals surface area (Å²) in [5.41, 5.74) is 1.37. The van der Waals surface area contributed by atoms with Gasteiger partial charge in [0.1, 0.15) is 5.75 Å². The Morgan fingerprint density at radius 3 is 2.44 bits per heavy atom. The smallest absolute Gasteiger partial charge is 0.118 e. The van der Waals surface area contributed by atoms with Crippen LogP contribution in [-0.4, -0.2) is 7.11 Å². The highest BCUT2D eigenvalue weighted by molar-refractivity contribution is 9.10. The number of ether oxygens (including phenoxy) is 1. The lowest BCUT2D eigenvalue weighted by molar-refractivity contribution is 0.414. The van der Waals surface area contributed by atoms with Crippen molar-refractivity contribution < 1.29 is 4.74 Å². The van der Waals surface area contributed by atoms with E-state index in [0.717, 1.165) is 16.6 Å². The van der Waals surface area contributed by atoms with Gasteiger partial charge in [0, 0.05) is 14.3 Å². The summed E-state index contributed by atoms with van der Waals surface area (Å²) in [6.45, 7) is 2.18. The Bertz CT molecular complexity index is 523. The van der Waals surface area contributed by atoms with Gasteiger partial charge in [0.15, 0.2) is 0 Å². The van der Waals surface area contributed by atoms with E-state index in [1.54, 1.807) is 18.9 Å². The van der Waals surface area contributed by atoms with E-state index in [1.807, 2.05) is 12.1 Å². The van der Waals surface area contributed by atoms with Gasteiger partial charge in [-0.05, 0) is 54.4 Å². The van der Waals surface area contributed by atoms with E-state index in [1.165, 1.54) is 15.4 Å². The molecule has 0 amide bonds. The molecular formula is C15H15BrOS. The van der Waals surface area contributed by atoms with Gasteiger partial charge in [-0.1, -0.05) is 34.6 Å². The molecule has 0 spiro atoms. The fourth-order valence-corrected chi connectivity index (χ4v) is 3.10. The second-order valence-corrected chi connectivity index (χ2v) is 5.91. The Hall–Kier alpha value is -0.930. The van der Waals surface area contributed by atoms with Crippen molar-refractivity contribution in [2.24, 2.45) is 0 Å². The van der Waals surface area contributed by atoms with Crippen LogP contribution >= 0.6 is 27.7 Å². The van der Waals surface area contributed by atoms with Gasteiger partial charge in [0.2, 0.25) is 0 Å². The first-order valence-corrected chi connectivity index (χ1v) is 7.44. The monoisotopic (exact) mass is 322 g/mol. The van der Waals surface area contributed by atoms with Crippen molar-refractivity contribution in [3.05, 3.63) is 52.5 Å². The maximum atomic E-state index is 5.16. The summed E-state index contributed by atoms with van der Waals surface area (Å²) in [6.07, 6.45) is 1.04. The number of hydrogen-bond acceptors (Lipinski definition) is 2. The van der Waals surface area contributed by atoms with Crippen molar-refractivity contribution in [1.82, 2.24) is 0 Å².